The molecular formula is C12H13ClN4O2S. The Labute approximate surface area is 122 Å². The van der Waals surface area contributed by atoms with E-state index in [9.17, 15) is 8.42 Å². The van der Waals surface area contributed by atoms with E-state index in [1.807, 2.05) is 0 Å². The Balaban J connectivity index is 2.23. The van der Waals surface area contributed by atoms with Crippen LogP contribution in [-0.4, -0.2) is 18.4 Å². The molecule has 8 heteroatoms. The van der Waals surface area contributed by atoms with Crippen LogP contribution in [0.25, 0.3) is 0 Å². The molecule has 0 bridgehead atoms. The highest BCUT2D eigenvalue weighted by atomic mass is 35.5. The first-order valence-corrected chi connectivity index (χ1v) is 7.56. The SMILES string of the molecule is Cc1cc(S(=O)(=O)NCc2ccncn2)cc(N)c1Cl. The Bertz CT molecular complexity index is 696. The molecule has 3 N–H and O–H groups in total. The topological polar surface area (TPSA) is 98.0 Å². The van der Waals surface area contributed by atoms with E-state index in [1.54, 1.807) is 19.2 Å². The largest absolute Gasteiger partial charge is 0.397 e. The Morgan fingerprint density at radius 2 is 2.15 bits per heavy atom. The molecule has 0 aliphatic rings. The normalized spacial score (nSPS) is 11.5. The molecule has 0 saturated heterocycles. The maximum absolute atomic E-state index is 12.2. The molecule has 2 aromatic rings. The number of nitrogens with zero attached hydrogens (tertiary/aromatic N) is 2. The number of anilines is 1. The zero-order valence-electron chi connectivity index (χ0n) is 10.7. The quantitative estimate of drug-likeness (QED) is 0.834. The predicted molar refractivity (Wildman–Crippen MR) is 76.7 cm³/mol. The second-order valence-electron chi connectivity index (χ2n) is 4.17. The Morgan fingerprint density at radius 1 is 1.40 bits per heavy atom. The van der Waals surface area contributed by atoms with Crippen LogP contribution in [0.3, 0.4) is 0 Å². The molecule has 1 heterocycles. The Morgan fingerprint density at radius 3 is 2.75 bits per heavy atom. The lowest BCUT2D eigenvalue weighted by atomic mass is 10.2. The number of rotatable bonds is 4. The number of hydrogen-bond donors (Lipinski definition) is 2. The average Bonchev–Trinajstić information content (AvgIpc) is 2.43. The Hall–Kier alpha value is -1.70. The van der Waals surface area contributed by atoms with Crippen molar-refractivity contribution in [1.29, 1.82) is 0 Å². The van der Waals surface area contributed by atoms with Crippen LogP contribution in [0.1, 0.15) is 11.3 Å². The molecule has 1 aromatic heterocycles. The summed E-state index contributed by atoms with van der Waals surface area (Å²) in [4.78, 5) is 7.78. The molecule has 0 atom stereocenters. The number of nitrogens with one attached hydrogen (secondary N) is 1. The van der Waals surface area contributed by atoms with E-state index < -0.39 is 10.0 Å². The van der Waals surface area contributed by atoms with Gasteiger partial charge in [0.2, 0.25) is 10.0 Å². The molecule has 6 nitrogen and oxygen atoms in total. The van der Waals surface area contributed by atoms with Gasteiger partial charge in [0.05, 0.1) is 27.8 Å². The minimum atomic E-state index is -3.67. The highest BCUT2D eigenvalue weighted by molar-refractivity contribution is 7.89. The maximum atomic E-state index is 12.2. The van der Waals surface area contributed by atoms with Gasteiger partial charge in [0.15, 0.2) is 0 Å². The van der Waals surface area contributed by atoms with Gasteiger partial charge in [-0.15, -0.1) is 0 Å². The van der Waals surface area contributed by atoms with Crippen molar-refractivity contribution in [2.45, 2.75) is 18.4 Å². The zero-order chi connectivity index (χ0) is 14.8. The van der Waals surface area contributed by atoms with Gasteiger partial charge in [0.25, 0.3) is 0 Å². The minimum absolute atomic E-state index is 0.0750. The van der Waals surface area contributed by atoms with Crippen LogP contribution in [0.5, 0.6) is 0 Å². The smallest absolute Gasteiger partial charge is 0.241 e. The van der Waals surface area contributed by atoms with Crippen molar-refractivity contribution in [2.24, 2.45) is 0 Å². The summed E-state index contributed by atoms with van der Waals surface area (Å²) in [5, 5.41) is 0.361. The summed E-state index contributed by atoms with van der Waals surface area (Å²) in [7, 11) is -3.67. The van der Waals surface area contributed by atoms with Crippen molar-refractivity contribution in [3.05, 3.63) is 47.0 Å². The molecule has 0 spiro atoms. The molecule has 0 amide bonds. The summed E-state index contributed by atoms with van der Waals surface area (Å²) < 4.78 is 26.8. The molecule has 0 aliphatic carbocycles. The maximum Gasteiger partial charge on any atom is 0.241 e. The number of sulfonamides is 1. The van der Waals surface area contributed by atoms with Crippen LogP contribution >= 0.6 is 11.6 Å². The number of nitrogens with two attached hydrogens (primary N) is 1. The van der Waals surface area contributed by atoms with Crippen LogP contribution in [0.2, 0.25) is 5.02 Å². The lowest BCUT2D eigenvalue weighted by Gasteiger charge is -2.09. The van der Waals surface area contributed by atoms with Gasteiger partial charge in [0, 0.05) is 6.20 Å². The van der Waals surface area contributed by atoms with E-state index in [2.05, 4.69) is 14.7 Å². The number of aromatic nitrogens is 2. The van der Waals surface area contributed by atoms with Crippen LogP contribution in [0.4, 0.5) is 5.69 Å². The number of benzene rings is 1. The number of nitrogen functional groups attached to an aromatic ring is 1. The summed E-state index contributed by atoms with van der Waals surface area (Å²) in [5.74, 6) is 0. The summed E-state index contributed by atoms with van der Waals surface area (Å²) in [5.41, 5.74) is 7.09. The van der Waals surface area contributed by atoms with Crippen LogP contribution < -0.4 is 10.5 Å². The fourth-order valence-electron chi connectivity index (χ4n) is 1.59. The van der Waals surface area contributed by atoms with Gasteiger partial charge in [-0.3, -0.25) is 0 Å². The van der Waals surface area contributed by atoms with Gasteiger partial charge < -0.3 is 5.73 Å². The Kier molecular flexibility index (Phi) is 4.22. The van der Waals surface area contributed by atoms with Crippen molar-refractivity contribution in [1.82, 2.24) is 14.7 Å². The number of hydrogen-bond acceptors (Lipinski definition) is 5. The molecule has 1 aromatic carbocycles. The van der Waals surface area contributed by atoms with Crippen molar-refractivity contribution in [3.8, 4) is 0 Å². The summed E-state index contributed by atoms with van der Waals surface area (Å²) in [6, 6.07) is 4.43. The lowest BCUT2D eigenvalue weighted by Crippen LogP contribution is -2.24. The minimum Gasteiger partial charge on any atom is -0.397 e. The molecule has 0 fully saturated rings. The molecule has 0 unspecified atom stereocenters. The second-order valence-corrected chi connectivity index (χ2v) is 6.31. The summed E-state index contributed by atoms with van der Waals surface area (Å²) in [6.45, 7) is 1.77. The van der Waals surface area contributed by atoms with E-state index in [0.717, 1.165) is 0 Å². The standard InChI is InChI=1S/C12H13ClN4O2S/c1-8-4-10(5-11(14)12(8)13)20(18,19)17-6-9-2-3-15-7-16-9/h2-5,7,17H,6,14H2,1H3. The molecule has 0 radical (unpaired) electrons. The molecular weight excluding hydrogens is 300 g/mol. The zero-order valence-corrected chi connectivity index (χ0v) is 12.2. The van der Waals surface area contributed by atoms with E-state index in [-0.39, 0.29) is 17.1 Å². The molecule has 106 valence electrons. The fraction of sp³-hybridized carbons (Fsp3) is 0.167. The van der Waals surface area contributed by atoms with Crippen LogP contribution in [0, 0.1) is 6.92 Å². The van der Waals surface area contributed by atoms with Gasteiger partial charge in [-0.1, -0.05) is 11.6 Å². The van der Waals surface area contributed by atoms with E-state index in [1.165, 1.54) is 18.5 Å². The summed E-state index contributed by atoms with van der Waals surface area (Å²) in [6.07, 6.45) is 2.90. The third kappa shape index (κ3) is 3.24. The third-order valence-electron chi connectivity index (χ3n) is 2.65. The number of aryl methyl sites for hydroxylation is 1. The summed E-state index contributed by atoms with van der Waals surface area (Å²) >= 11 is 5.92. The third-order valence-corrected chi connectivity index (χ3v) is 4.55. The molecule has 0 aliphatic heterocycles. The molecule has 20 heavy (non-hydrogen) atoms. The van der Waals surface area contributed by atoms with Crippen molar-refractivity contribution in [2.75, 3.05) is 5.73 Å². The van der Waals surface area contributed by atoms with E-state index in [4.69, 9.17) is 17.3 Å². The van der Waals surface area contributed by atoms with Crippen molar-refractivity contribution in [3.63, 3.8) is 0 Å². The monoisotopic (exact) mass is 312 g/mol. The van der Waals surface area contributed by atoms with Crippen molar-refractivity contribution >= 4 is 27.3 Å². The fourth-order valence-corrected chi connectivity index (χ4v) is 2.82. The first kappa shape index (κ1) is 14.7. The highest BCUT2D eigenvalue weighted by Gasteiger charge is 2.16. The predicted octanol–water partition coefficient (Wildman–Crippen LogP) is 1.50. The highest BCUT2D eigenvalue weighted by Crippen LogP contribution is 2.26. The van der Waals surface area contributed by atoms with E-state index >= 15 is 0 Å². The van der Waals surface area contributed by atoms with Gasteiger partial charge in [-0.05, 0) is 30.7 Å². The van der Waals surface area contributed by atoms with Gasteiger partial charge in [0.1, 0.15) is 6.33 Å². The second kappa shape index (κ2) is 5.74. The molecule has 2 rings (SSSR count). The van der Waals surface area contributed by atoms with Crippen molar-refractivity contribution < 1.29 is 8.42 Å². The molecule has 0 saturated carbocycles. The lowest BCUT2D eigenvalue weighted by molar-refractivity contribution is 0.580. The number of halogens is 1. The first-order chi connectivity index (χ1) is 9.40. The van der Waals surface area contributed by atoms with Crippen LogP contribution in [-0.2, 0) is 16.6 Å². The average molecular weight is 313 g/mol. The first-order valence-electron chi connectivity index (χ1n) is 5.70. The van der Waals surface area contributed by atoms with Gasteiger partial charge >= 0.3 is 0 Å². The van der Waals surface area contributed by atoms with Gasteiger partial charge in [-0.2, -0.15) is 0 Å². The van der Waals surface area contributed by atoms with E-state index in [0.29, 0.717) is 16.3 Å². The van der Waals surface area contributed by atoms with Crippen LogP contribution in [0.15, 0.2) is 35.6 Å². The van der Waals surface area contributed by atoms with Gasteiger partial charge in [-0.25, -0.2) is 23.1 Å².